The summed E-state index contributed by atoms with van der Waals surface area (Å²) in [6, 6.07) is 14.1. The molecule has 6 nitrogen and oxygen atoms in total. The minimum absolute atomic E-state index is 0.0292. The van der Waals surface area contributed by atoms with Crippen LogP contribution in [0.1, 0.15) is 53.3 Å². The van der Waals surface area contributed by atoms with E-state index in [4.69, 9.17) is 9.47 Å². The number of amides is 2. The lowest BCUT2D eigenvalue weighted by atomic mass is 10.1. The largest absolute Gasteiger partial charge is 0.491 e. The fraction of sp³-hybridized carbons (Fsp3) is 0.417. The molecule has 6 heteroatoms. The van der Waals surface area contributed by atoms with Crippen LogP contribution < -0.4 is 10.1 Å². The van der Waals surface area contributed by atoms with Crippen LogP contribution in [-0.2, 0) is 4.74 Å². The molecule has 0 bridgehead atoms. The molecule has 2 amide bonds. The molecule has 0 aromatic heterocycles. The molecule has 0 unspecified atom stereocenters. The quantitative estimate of drug-likeness (QED) is 0.656. The van der Waals surface area contributed by atoms with Gasteiger partial charge in [-0.1, -0.05) is 18.9 Å². The van der Waals surface area contributed by atoms with E-state index in [-0.39, 0.29) is 11.8 Å². The summed E-state index contributed by atoms with van der Waals surface area (Å²) in [6.45, 7) is 5.20. The molecule has 0 aliphatic carbocycles. The van der Waals surface area contributed by atoms with Crippen LogP contribution in [0.4, 0.5) is 5.69 Å². The van der Waals surface area contributed by atoms with Crippen molar-refractivity contribution in [3.63, 3.8) is 0 Å². The maximum Gasteiger partial charge on any atom is 0.255 e. The average Bonchev–Trinajstić information content (AvgIpc) is 3.06. The fourth-order valence-electron chi connectivity index (χ4n) is 3.45. The number of nitrogens with zero attached hydrogens (tertiary/aromatic N) is 1. The smallest absolute Gasteiger partial charge is 0.255 e. The predicted octanol–water partition coefficient (Wildman–Crippen LogP) is 4.37. The predicted molar refractivity (Wildman–Crippen MR) is 117 cm³/mol. The van der Waals surface area contributed by atoms with Crippen molar-refractivity contribution in [2.24, 2.45) is 0 Å². The van der Waals surface area contributed by atoms with Crippen LogP contribution >= 0.6 is 0 Å². The average molecular weight is 411 g/mol. The molecule has 2 aromatic carbocycles. The summed E-state index contributed by atoms with van der Waals surface area (Å²) in [7, 11) is 0. The van der Waals surface area contributed by atoms with Crippen molar-refractivity contribution < 1.29 is 19.1 Å². The highest BCUT2D eigenvalue weighted by molar-refractivity contribution is 6.05. The van der Waals surface area contributed by atoms with E-state index in [1.165, 1.54) is 12.8 Å². The highest BCUT2D eigenvalue weighted by Gasteiger charge is 2.18. The second-order valence-electron chi connectivity index (χ2n) is 7.31. The van der Waals surface area contributed by atoms with Crippen LogP contribution in [0.5, 0.6) is 5.75 Å². The Morgan fingerprint density at radius 3 is 2.37 bits per heavy atom. The lowest BCUT2D eigenvalue weighted by Gasteiger charge is -2.20. The molecular weight excluding hydrogens is 380 g/mol. The first-order valence-corrected chi connectivity index (χ1v) is 10.7. The molecule has 0 spiro atoms. The van der Waals surface area contributed by atoms with E-state index in [9.17, 15) is 9.59 Å². The van der Waals surface area contributed by atoms with Crippen molar-refractivity contribution >= 4 is 17.5 Å². The summed E-state index contributed by atoms with van der Waals surface area (Å²) in [5.74, 6) is 0.494. The monoisotopic (exact) mass is 410 g/mol. The summed E-state index contributed by atoms with van der Waals surface area (Å²) < 4.78 is 10.8. The molecule has 1 aliphatic heterocycles. The third kappa shape index (κ3) is 6.32. The maximum absolute atomic E-state index is 12.8. The normalized spacial score (nSPS) is 14.1. The molecule has 160 valence electrons. The third-order valence-corrected chi connectivity index (χ3v) is 5.08. The highest BCUT2D eigenvalue weighted by Crippen LogP contribution is 2.18. The Morgan fingerprint density at radius 2 is 1.67 bits per heavy atom. The van der Waals surface area contributed by atoms with Crippen molar-refractivity contribution in [1.29, 1.82) is 0 Å². The van der Waals surface area contributed by atoms with Gasteiger partial charge in [-0.3, -0.25) is 9.59 Å². The standard InChI is InChI=1S/C24H30N2O4/c1-2-29-16-17-30-22-12-10-19(11-13-22)23(27)25-21-9-7-8-20(18-21)24(28)26-14-5-3-4-6-15-26/h7-13,18H,2-6,14-17H2,1H3,(H,25,27). The summed E-state index contributed by atoms with van der Waals surface area (Å²) in [5, 5.41) is 2.88. The molecule has 1 fully saturated rings. The van der Waals surface area contributed by atoms with E-state index < -0.39 is 0 Å². The van der Waals surface area contributed by atoms with Gasteiger partial charge in [-0.2, -0.15) is 0 Å². The van der Waals surface area contributed by atoms with Gasteiger partial charge in [0.1, 0.15) is 12.4 Å². The lowest BCUT2D eigenvalue weighted by molar-refractivity contribution is 0.0761. The second-order valence-corrected chi connectivity index (χ2v) is 7.31. The van der Waals surface area contributed by atoms with Crippen LogP contribution in [0, 0.1) is 0 Å². The number of hydrogen-bond donors (Lipinski definition) is 1. The molecule has 0 saturated carbocycles. The molecule has 30 heavy (non-hydrogen) atoms. The van der Waals surface area contributed by atoms with Gasteiger partial charge in [0.15, 0.2) is 0 Å². The molecule has 0 radical (unpaired) electrons. The van der Waals surface area contributed by atoms with Gasteiger partial charge >= 0.3 is 0 Å². The summed E-state index contributed by atoms with van der Waals surface area (Å²) in [6.07, 6.45) is 4.45. The maximum atomic E-state index is 12.8. The zero-order chi connectivity index (χ0) is 21.2. The van der Waals surface area contributed by atoms with Gasteiger partial charge < -0.3 is 19.7 Å². The summed E-state index contributed by atoms with van der Waals surface area (Å²) in [5.41, 5.74) is 1.74. The van der Waals surface area contributed by atoms with Gasteiger partial charge in [0, 0.05) is 36.5 Å². The number of carbonyl (C=O) groups is 2. The van der Waals surface area contributed by atoms with Gasteiger partial charge in [-0.05, 0) is 62.2 Å². The van der Waals surface area contributed by atoms with Crippen molar-refractivity contribution in [3.05, 3.63) is 59.7 Å². The first-order valence-electron chi connectivity index (χ1n) is 10.7. The minimum Gasteiger partial charge on any atom is -0.491 e. The van der Waals surface area contributed by atoms with E-state index in [0.29, 0.717) is 42.4 Å². The number of nitrogens with one attached hydrogen (secondary N) is 1. The molecule has 3 rings (SSSR count). The van der Waals surface area contributed by atoms with Crippen LogP contribution in [0.25, 0.3) is 0 Å². The Hall–Kier alpha value is -2.86. The third-order valence-electron chi connectivity index (χ3n) is 5.08. The van der Waals surface area contributed by atoms with Crippen LogP contribution in [0.2, 0.25) is 0 Å². The first-order chi connectivity index (χ1) is 14.7. The Balaban J connectivity index is 1.58. The lowest BCUT2D eigenvalue weighted by Crippen LogP contribution is -2.31. The van der Waals surface area contributed by atoms with Gasteiger partial charge in [0.25, 0.3) is 11.8 Å². The van der Waals surface area contributed by atoms with E-state index in [1.807, 2.05) is 11.8 Å². The Kier molecular flexibility index (Phi) is 8.27. The van der Waals surface area contributed by atoms with E-state index in [1.54, 1.807) is 48.5 Å². The van der Waals surface area contributed by atoms with E-state index >= 15 is 0 Å². The van der Waals surface area contributed by atoms with Crippen LogP contribution in [0.3, 0.4) is 0 Å². The van der Waals surface area contributed by atoms with Gasteiger partial charge in [0.2, 0.25) is 0 Å². The molecule has 1 aliphatic rings. The number of hydrogen-bond acceptors (Lipinski definition) is 4. The van der Waals surface area contributed by atoms with Crippen LogP contribution in [-0.4, -0.2) is 49.6 Å². The summed E-state index contributed by atoms with van der Waals surface area (Å²) >= 11 is 0. The number of carbonyl (C=O) groups excluding carboxylic acids is 2. The highest BCUT2D eigenvalue weighted by atomic mass is 16.5. The number of ether oxygens (including phenoxy) is 2. The fourth-order valence-corrected chi connectivity index (χ4v) is 3.45. The number of anilines is 1. The number of benzene rings is 2. The number of likely N-dealkylation sites (tertiary alicyclic amines) is 1. The van der Waals surface area contributed by atoms with E-state index in [0.717, 1.165) is 25.9 Å². The molecular formula is C24H30N2O4. The molecule has 1 saturated heterocycles. The van der Waals surface area contributed by atoms with Crippen LogP contribution in [0.15, 0.2) is 48.5 Å². The molecule has 1 heterocycles. The summed E-state index contributed by atoms with van der Waals surface area (Å²) in [4.78, 5) is 27.3. The second kappa shape index (κ2) is 11.4. The SMILES string of the molecule is CCOCCOc1ccc(C(=O)Nc2cccc(C(=O)N3CCCCCC3)c2)cc1. The molecule has 1 N–H and O–H groups in total. The van der Waals surface area contributed by atoms with Gasteiger partial charge in [-0.15, -0.1) is 0 Å². The minimum atomic E-state index is -0.227. The Bertz CT molecular complexity index is 827. The zero-order valence-electron chi connectivity index (χ0n) is 17.6. The topological polar surface area (TPSA) is 67.9 Å². The molecule has 2 aromatic rings. The first kappa shape index (κ1) is 21.8. The van der Waals surface area contributed by atoms with Crippen molar-refractivity contribution in [1.82, 2.24) is 4.90 Å². The van der Waals surface area contributed by atoms with Crippen molar-refractivity contribution in [2.75, 3.05) is 38.2 Å². The Labute approximate surface area is 178 Å². The Morgan fingerprint density at radius 1 is 0.933 bits per heavy atom. The van der Waals surface area contributed by atoms with Crippen molar-refractivity contribution in [3.8, 4) is 5.75 Å². The number of rotatable bonds is 8. The van der Waals surface area contributed by atoms with Gasteiger partial charge in [0.05, 0.1) is 6.61 Å². The van der Waals surface area contributed by atoms with Gasteiger partial charge in [-0.25, -0.2) is 0 Å². The molecule has 0 atom stereocenters. The van der Waals surface area contributed by atoms with E-state index in [2.05, 4.69) is 5.32 Å². The zero-order valence-corrected chi connectivity index (χ0v) is 17.6. The van der Waals surface area contributed by atoms with Crippen molar-refractivity contribution in [2.45, 2.75) is 32.6 Å².